The Balaban J connectivity index is 1.69. The summed E-state index contributed by atoms with van der Waals surface area (Å²) in [5.74, 6) is -1.73. The third-order valence-corrected chi connectivity index (χ3v) is 3.97. The maximum atomic E-state index is 12.1. The van der Waals surface area contributed by atoms with Crippen molar-refractivity contribution >= 4 is 22.8 Å². The number of nitrogens with one attached hydrogen (secondary N) is 1. The molecule has 1 amide bonds. The highest BCUT2D eigenvalue weighted by Crippen LogP contribution is 2.22. The van der Waals surface area contributed by atoms with Gasteiger partial charge in [0, 0.05) is 17.5 Å². The predicted molar refractivity (Wildman–Crippen MR) is 95.0 cm³/mol. The van der Waals surface area contributed by atoms with Gasteiger partial charge in [0.1, 0.15) is 11.3 Å². The average molecular weight is 366 g/mol. The number of carbonyl (C=O) groups excluding carboxylic acids is 2. The highest BCUT2D eigenvalue weighted by Gasteiger charge is 2.16. The van der Waals surface area contributed by atoms with Gasteiger partial charge < -0.3 is 24.4 Å². The van der Waals surface area contributed by atoms with E-state index in [1.54, 1.807) is 49.4 Å². The van der Waals surface area contributed by atoms with Crippen molar-refractivity contribution in [3.63, 3.8) is 0 Å². The summed E-state index contributed by atoms with van der Waals surface area (Å²) in [6.45, 7) is 1.38. The lowest BCUT2D eigenvalue weighted by Crippen LogP contribution is -2.42. The Hall–Kier alpha value is -3.61. The van der Waals surface area contributed by atoms with E-state index >= 15 is 0 Å². The van der Waals surface area contributed by atoms with Crippen molar-refractivity contribution in [3.05, 3.63) is 76.1 Å². The molecule has 0 bridgehead atoms. The summed E-state index contributed by atoms with van der Waals surface area (Å²) in [5, 5.41) is 14.4. The zero-order chi connectivity index (χ0) is 19.4. The van der Waals surface area contributed by atoms with Gasteiger partial charge in [0.15, 0.2) is 6.61 Å². The van der Waals surface area contributed by atoms with Crippen molar-refractivity contribution in [2.24, 2.45) is 0 Å². The molecule has 0 aliphatic carbocycles. The van der Waals surface area contributed by atoms with E-state index in [2.05, 4.69) is 5.32 Å². The molecular formula is C20H16NO6-. The topological polar surface area (TPSA) is 109 Å². The standard InChI is InChI=1S/C20H17NO6/c1-12-9-18(23)27-16-10-14(7-8-15(12)16)26-11-17(22)21-19(20(24)25)13-5-3-2-4-6-13/h2-10,19H,11H2,1H3,(H,21,22)(H,24,25)/p-1/t19-/m1/s1. The van der Waals surface area contributed by atoms with Crippen LogP contribution in [0.15, 0.2) is 63.8 Å². The maximum Gasteiger partial charge on any atom is 0.336 e. The van der Waals surface area contributed by atoms with Crippen LogP contribution in [0.5, 0.6) is 5.75 Å². The molecule has 0 aliphatic heterocycles. The van der Waals surface area contributed by atoms with E-state index in [1.165, 1.54) is 12.1 Å². The minimum absolute atomic E-state index is 0.316. The van der Waals surface area contributed by atoms with Crippen LogP contribution in [0.2, 0.25) is 0 Å². The number of fused-ring (bicyclic) bond motifs is 1. The Bertz CT molecular complexity index is 1040. The van der Waals surface area contributed by atoms with E-state index in [1.807, 2.05) is 0 Å². The summed E-state index contributed by atoms with van der Waals surface area (Å²) in [7, 11) is 0. The second kappa shape index (κ2) is 7.74. The molecule has 7 nitrogen and oxygen atoms in total. The lowest BCUT2D eigenvalue weighted by molar-refractivity contribution is -0.308. The smallest absolute Gasteiger partial charge is 0.336 e. The molecule has 0 saturated carbocycles. The number of benzene rings is 2. The van der Waals surface area contributed by atoms with Gasteiger partial charge in [0.05, 0.1) is 12.0 Å². The summed E-state index contributed by atoms with van der Waals surface area (Å²) in [4.78, 5) is 34.9. The Morgan fingerprint density at radius 3 is 2.59 bits per heavy atom. The summed E-state index contributed by atoms with van der Waals surface area (Å²) in [6, 6.07) is 13.2. The lowest BCUT2D eigenvalue weighted by atomic mass is 10.1. The molecule has 138 valence electrons. The maximum absolute atomic E-state index is 12.1. The fourth-order valence-electron chi connectivity index (χ4n) is 2.67. The number of aryl methyl sites for hydroxylation is 1. The summed E-state index contributed by atoms with van der Waals surface area (Å²) in [6.07, 6.45) is 0. The number of rotatable bonds is 6. The summed E-state index contributed by atoms with van der Waals surface area (Å²) < 4.78 is 10.5. The van der Waals surface area contributed by atoms with E-state index < -0.39 is 30.2 Å². The summed E-state index contributed by atoms with van der Waals surface area (Å²) >= 11 is 0. The second-order valence-electron chi connectivity index (χ2n) is 5.93. The molecule has 3 aromatic rings. The van der Waals surface area contributed by atoms with Crippen molar-refractivity contribution in [1.29, 1.82) is 0 Å². The molecule has 0 unspecified atom stereocenters. The van der Waals surface area contributed by atoms with E-state index in [0.717, 1.165) is 10.9 Å². The van der Waals surface area contributed by atoms with Crippen LogP contribution in [0.1, 0.15) is 17.2 Å². The molecule has 1 aromatic heterocycles. The molecule has 1 heterocycles. The van der Waals surface area contributed by atoms with Crippen LogP contribution in [0.3, 0.4) is 0 Å². The highest BCUT2D eigenvalue weighted by molar-refractivity contribution is 5.85. The molecule has 7 heteroatoms. The van der Waals surface area contributed by atoms with Gasteiger partial charge in [0.25, 0.3) is 5.91 Å². The number of carboxylic acid groups (broad SMARTS) is 1. The predicted octanol–water partition coefficient (Wildman–Crippen LogP) is 1.09. The lowest BCUT2D eigenvalue weighted by Gasteiger charge is -2.20. The molecule has 0 radical (unpaired) electrons. The van der Waals surface area contributed by atoms with Crippen molar-refractivity contribution < 1.29 is 23.8 Å². The number of amides is 1. The number of aliphatic carboxylic acids is 1. The van der Waals surface area contributed by atoms with Crippen LogP contribution in [-0.4, -0.2) is 18.5 Å². The quantitative estimate of drug-likeness (QED) is 0.654. The van der Waals surface area contributed by atoms with Crippen LogP contribution in [0.4, 0.5) is 0 Å². The van der Waals surface area contributed by atoms with Gasteiger partial charge in [-0.3, -0.25) is 4.79 Å². The Labute approximate surface area is 154 Å². The van der Waals surface area contributed by atoms with Crippen LogP contribution in [0, 0.1) is 6.92 Å². The van der Waals surface area contributed by atoms with Crippen molar-refractivity contribution in [2.75, 3.05) is 6.61 Å². The molecule has 1 atom stereocenters. The van der Waals surface area contributed by atoms with Gasteiger partial charge in [-0.1, -0.05) is 30.3 Å². The van der Waals surface area contributed by atoms with Crippen molar-refractivity contribution in [1.82, 2.24) is 5.32 Å². The fourth-order valence-corrected chi connectivity index (χ4v) is 2.67. The number of carboxylic acids is 1. The fraction of sp³-hybridized carbons (Fsp3) is 0.150. The molecule has 1 N–H and O–H groups in total. The van der Waals surface area contributed by atoms with Gasteiger partial charge in [-0.15, -0.1) is 0 Å². The van der Waals surface area contributed by atoms with E-state index in [4.69, 9.17) is 9.15 Å². The van der Waals surface area contributed by atoms with E-state index in [0.29, 0.717) is 16.9 Å². The molecule has 0 aliphatic rings. The van der Waals surface area contributed by atoms with Crippen molar-refractivity contribution in [3.8, 4) is 5.75 Å². The second-order valence-corrected chi connectivity index (χ2v) is 5.93. The number of hydrogen-bond donors (Lipinski definition) is 1. The van der Waals surface area contributed by atoms with Crippen molar-refractivity contribution in [2.45, 2.75) is 13.0 Å². The molecule has 2 aromatic carbocycles. The third-order valence-electron chi connectivity index (χ3n) is 3.97. The minimum atomic E-state index is -1.42. The Morgan fingerprint density at radius 1 is 1.15 bits per heavy atom. The number of carbonyl (C=O) groups is 2. The molecule has 0 spiro atoms. The van der Waals surface area contributed by atoms with Crippen LogP contribution in [-0.2, 0) is 9.59 Å². The monoisotopic (exact) mass is 366 g/mol. The number of ether oxygens (including phenoxy) is 1. The van der Waals surface area contributed by atoms with Gasteiger partial charge >= 0.3 is 5.63 Å². The molecule has 27 heavy (non-hydrogen) atoms. The average Bonchev–Trinajstić information content (AvgIpc) is 2.64. The Kier molecular flexibility index (Phi) is 5.21. The first-order chi connectivity index (χ1) is 12.9. The van der Waals surface area contributed by atoms with Gasteiger partial charge in [-0.2, -0.15) is 0 Å². The van der Waals surface area contributed by atoms with Gasteiger partial charge in [-0.25, -0.2) is 4.79 Å². The first-order valence-electron chi connectivity index (χ1n) is 8.16. The SMILES string of the molecule is Cc1cc(=O)oc2cc(OCC(=O)N[C@@H](C(=O)[O-])c3ccccc3)ccc12. The molecule has 0 fully saturated rings. The van der Waals surface area contributed by atoms with Gasteiger partial charge in [-0.05, 0) is 30.2 Å². The summed E-state index contributed by atoms with van der Waals surface area (Å²) in [5.41, 5.74) is 1.03. The zero-order valence-corrected chi connectivity index (χ0v) is 14.4. The minimum Gasteiger partial charge on any atom is -0.548 e. The number of hydrogen-bond acceptors (Lipinski definition) is 6. The Morgan fingerprint density at radius 2 is 1.89 bits per heavy atom. The first kappa shape index (κ1) is 18.2. The van der Waals surface area contributed by atoms with Crippen LogP contribution >= 0.6 is 0 Å². The third kappa shape index (κ3) is 4.33. The van der Waals surface area contributed by atoms with Gasteiger partial charge in [0.2, 0.25) is 0 Å². The first-order valence-corrected chi connectivity index (χ1v) is 8.16. The highest BCUT2D eigenvalue weighted by atomic mass is 16.5. The molecular weight excluding hydrogens is 350 g/mol. The zero-order valence-electron chi connectivity index (χ0n) is 14.4. The molecule has 3 rings (SSSR count). The normalized spacial score (nSPS) is 11.7. The van der Waals surface area contributed by atoms with E-state index in [-0.39, 0.29) is 0 Å². The van der Waals surface area contributed by atoms with Crippen LogP contribution in [0.25, 0.3) is 11.0 Å². The van der Waals surface area contributed by atoms with E-state index in [9.17, 15) is 19.5 Å². The molecule has 0 saturated heterocycles. The van der Waals surface area contributed by atoms with Crippen LogP contribution < -0.4 is 20.8 Å². The largest absolute Gasteiger partial charge is 0.548 e.